The second-order valence-corrected chi connectivity index (χ2v) is 3.74. The van der Waals surface area contributed by atoms with Gasteiger partial charge in [0.15, 0.2) is 0 Å². The Morgan fingerprint density at radius 2 is 2.19 bits per heavy atom. The van der Waals surface area contributed by atoms with Crippen LogP contribution < -0.4 is 0 Å². The number of hydrogen-bond donors (Lipinski definition) is 1. The Hall–Kier alpha value is -1.89. The highest BCUT2D eigenvalue weighted by Gasteiger charge is 2.25. The van der Waals surface area contributed by atoms with Gasteiger partial charge in [-0.05, 0) is 24.1 Å². The first kappa shape index (κ1) is 12.2. The van der Waals surface area contributed by atoms with Crippen LogP contribution in [0, 0.1) is 30.0 Å². The summed E-state index contributed by atoms with van der Waals surface area (Å²) >= 11 is 0. The molecule has 0 bridgehead atoms. The fraction of sp³-hybridized carbons (Fsp3) is 0.333. The van der Waals surface area contributed by atoms with Gasteiger partial charge in [0.1, 0.15) is 11.7 Å². The summed E-state index contributed by atoms with van der Waals surface area (Å²) in [5, 5.41) is 17.6. The number of carboxylic acids is 1. The number of hydrogen-bond acceptors (Lipinski definition) is 2. The Morgan fingerprint density at radius 3 is 2.62 bits per heavy atom. The van der Waals surface area contributed by atoms with Gasteiger partial charge in [-0.15, -0.1) is 0 Å². The Kier molecular flexibility index (Phi) is 3.62. The van der Waals surface area contributed by atoms with E-state index in [0.717, 1.165) is 0 Å². The van der Waals surface area contributed by atoms with Crippen LogP contribution in [0.15, 0.2) is 18.2 Å². The van der Waals surface area contributed by atoms with Gasteiger partial charge in [0.2, 0.25) is 0 Å². The van der Waals surface area contributed by atoms with Gasteiger partial charge in [-0.2, -0.15) is 5.26 Å². The van der Waals surface area contributed by atoms with Crippen LogP contribution in [0.1, 0.15) is 24.0 Å². The number of nitriles is 1. The average Bonchev–Trinajstić information content (AvgIpc) is 2.22. The maximum atomic E-state index is 13.0. The highest BCUT2D eigenvalue weighted by Crippen LogP contribution is 2.25. The lowest BCUT2D eigenvalue weighted by molar-refractivity contribution is -0.140. The molecule has 0 radical (unpaired) electrons. The van der Waals surface area contributed by atoms with Crippen molar-refractivity contribution < 1.29 is 14.3 Å². The topological polar surface area (TPSA) is 61.1 Å². The van der Waals surface area contributed by atoms with Gasteiger partial charge in [-0.1, -0.05) is 19.1 Å². The van der Waals surface area contributed by atoms with Crippen LogP contribution in [0.25, 0.3) is 0 Å². The summed E-state index contributed by atoms with van der Waals surface area (Å²) in [4.78, 5) is 10.8. The second-order valence-electron chi connectivity index (χ2n) is 3.74. The molecule has 2 unspecified atom stereocenters. The Morgan fingerprint density at radius 1 is 1.56 bits per heavy atom. The lowest BCUT2D eigenvalue weighted by atomic mass is 9.88. The number of aliphatic carboxylic acids is 1. The molecule has 0 spiro atoms. The average molecular weight is 221 g/mol. The Labute approximate surface area is 93.1 Å². The summed E-state index contributed by atoms with van der Waals surface area (Å²) in [5.41, 5.74) is 1.11. The first-order valence-corrected chi connectivity index (χ1v) is 4.86. The van der Waals surface area contributed by atoms with Crippen molar-refractivity contribution in [2.45, 2.75) is 19.8 Å². The van der Waals surface area contributed by atoms with Crippen molar-refractivity contribution in [1.82, 2.24) is 0 Å². The van der Waals surface area contributed by atoms with Crippen LogP contribution in [0.2, 0.25) is 0 Å². The molecular weight excluding hydrogens is 209 g/mol. The Bertz CT molecular complexity index is 451. The van der Waals surface area contributed by atoms with E-state index in [9.17, 15) is 9.18 Å². The number of nitrogens with zero attached hydrogens (tertiary/aromatic N) is 1. The Balaban J connectivity index is 3.05. The maximum absolute atomic E-state index is 13.0. The van der Waals surface area contributed by atoms with E-state index in [2.05, 4.69) is 0 Å². The highest BCUT2D eigenvalue weighted by molar-refractivity contribution is 5.74. The van der Waals surface area contributed by atoms with Crippen LogP contribution in [-0.4, -0.2) is 11.1 Å². The predicted octanol–water partition coefficient (Wildman–Crippen LogP) is 2.46. The van der Waals surface area contributed by atoms with E-state index in [1.165, 1.54) is 12.1 Å². The van der Waals surface area contributed by atoms with Crippen molar-refractivity contribution in [2.24, 2.45) is 5.92 Å². The van der Waals surface area contributed by atoms with Crippen molar-refractivity contribution >= 4 is 5.97 Å². The van der Waals surface area contributed by atoms with Crippen LogP contribution >= 0.6 is 0 Å². The van der Waals surface area contributed by atoms with Crippen molar-refractivity contribution in [3.8, 4) is 6.07 Å². The lowest BCUT2D eigenvalue weighted by Gasteiger charge is -2.14. The molecule has 4 heteroatoms. The summed E-state index contributed by atoms with van der Waals surface area (Å²) in [6.07, 6.45) is 0. The number of halogens is 1. The predicted molar refractivity (Wildman–Crippen MR) is 56.3 cm³/mol. The zero-order valence-electron chi connectivity index (χ0n) is 9.07. The molecule has 0 aliphatic rings. The monoisotopic (exact) mass is 221 g/mol. The van der Waals surface area contributed by atoms with Crippen molar-refractivity contribution in [3.05, 3.63) is 35.1 Å². The normalized spacial score (nSPS) is 13.9. The molecule has 0 amide bonds. The molecule has 0 fully saturated rings. The first-order chi connectivity index (χ1) is 7.47. The fourth-order valence-corrected chi connectivity index (χ4v) is 1.52. The third-order valence-corrected chi connectivity index (χ3v) is 2.61. The number of rotatable bonds is 3. The quantitative estimate of drug-likeness (QED) is 0.852. The molecule has 0 aliphatic carbocycles. The van der Waals surface area contributed by atoms with E-state index < -0.39 is 17.8 Å². The van der Waals surface area contributed by atoms with Gasteiger partial charge in [0, 0.05) is 5.92 Å². The zero-order chi connectivity index (χ0) is 12.3. The van der Waals surface area contributed by atoms with Gasteiger partial charge in [0.25, 0.3) is 0 Å². The molecule has 2 atom stereocenters. The van der Waals surface area contributed by atoms with Gasteiger partial charge in [0.05, 0.1) is 6.07 Å². The number of carbonyl (C=O) groups is 1. The minimum atomic E-state index is -1.16. The van der Waals surface area contributed by atoms with E-state index >= 15 is 0 Å². The van der Waals surface area contributed by atoms with Crippen molar-refractivity contribution in [2.75, 3.05) is 0 Å². The maximum Gasteiger partial charge on any atom is 0.321 e. The number of benzene rings is 1. The second kappa shape index (κ2) is 4.75. The summed E-state index contributed by atoms with van der Waals surface area (Å²) in [6.45, 7) is 3.25. The third kappa shape index (κ3) is 2.37. The van der Waals surface area contributed by atoms with E-state index in [1.807, 2.05) is 0 Å². The van der Waals surface area contributed by atoms with Gasteiger partial charge in [-0.3, -0.25) is 4.79 Å². The van der Waals surface area contributed by atoms with E-state index in [-0.39, 0.29) is 5.82 Å². The number of aryl methyl sites for hydroxylation is 1. The zero-order valence-corrected chi connectivity index (χ0v) is 9.07. The lowest BCUT2D eigenvalue weighted by Crippen LogP contribution is -2.18. The molecule has 0 saturated heterocycles. The molecule has 16 heavy (non-hydrogen) atoms. The summed E-state index contributed by atoms with van der Waals surface area (Å²) in [7, 11) is 0. The molecule has 1 aromatic rings. The summed E-state index contributed by atoms with van der Waals surface area (Å²) in [5.74, 6) is -3.05. The van der Waals surface area contributed by atoms with Crippen molar-refractivity contribution in [3.63, 3.8) is 0 Å². The highest BCUT2D eigenvalue weighted by atomic mass is 19.1. The van der Waals surface area contributed by atoms with Crippen LogP contribution in [-0.2, 0) is 4.79 Å². The smallest absolute Gasteiger partial charge is 0.321 e. The first-order valence-electron chi connectivity index (χ1n) is 4.86. The molecule has 1 N–H and O–H groups in total. The summed E-state index contributed by atoms with van der Waals surface area (Å²) < 4.78 is 13.0. The largest absolute Gasteiger partial charge is 0.480 e. The van der Waals surface area contributed by atoms with E-state index in [4.69, 9.17) is 10.4 Å². The summed E-state index contributed by atoms with van der Waals surface area (Å²) in [6, 6.07) is 6.12. The molecule has 3 nitrogen and oxygen atoms in total. The standard InChI is InChI=1S/C12H12FNO2/c1-7-5-9(3-4-11(7)13)8(2)10(6-14)12(15)16/h3-5,8,10H,1-2H3,(H,15,16). The molecule has 0 aromatic heterocycles. The van der Waals surface area contributed by atoms with E-state index in [0.29, 0.717) is 11.1 Å². The molecule has 0 saturated carbocycles. The SMILES string of the molecule is Cc1cc(C(C)C(C#N)C(=O)O)ccc1F. The number of carboxylic acid groups (broad SMARTS) is 1. The van der Waals surface area contributed by atoms with Crippen molar-refractivity contribution in [1.29, 1.82) is 5.26 Å². The fourth-order valence-electron chi connectivity index (χ4n) is 1.52. The molecule has 0 aliphatic heterocycles. The molecular formula is C12H12FNO2. The molecule has 84 valence electrons. The minimum absolute atomic E-state index is 0.334. The molecule has 1 rings (SSSR count). The molecule has 1 aromatic carbocycles. The van der Waals surface area contributed by atoms with Gasteiger partial charge < -0.3 is 5.11 Å². The van der Waals surface area contributed by atoms with E-state index in [1.54, 1.807) is 26.0 Å². The minimum Gasteiger partial charge on any atom is -0.480 e. The van der Waals surface area contributed by atoms with Crippen LogP contribution in [0.4, 0.5) is 4.39 Å². The van der Waals surface area contributed by atoms with Gasteiger partial charge >= 0.3 is 5.97 Å². The van der Waals surface area contributed by atoms with Gasteiger partial charge in [-0.25, -0.2) is 4.39 Å². The van der Waals surface area contributed by atoms with Crippen LogP contribution in [0.3, 0.4) is 0 Å². The third-order valence-electron chi connectivity index (χ3n) is 2.61. The molecule has 0 heterocycles. The van der Waals surface area contributed by atoms with Crippen LogP contribution in [0.5, 0.6) is 0 Å².